The molecule has 0 amide bonds. The molecule has 2 rings (SSSR count). The van der Waals surface area contributed by atoms with Crippen molar-refractivity contribution in [3.05, 3.63) is 73.4 Å². The fourth-order valence-corrected chi connectivity index (χ4v) is 1.40. The van der Waals surface area contributed by atoms with Crippen LogP contribution in [0.2, 0.25) is 0 Å². The van der Waals surface area contributed by atoms with Crippen molar-refractivity contribution < 1.29 is 30.2 Å². The topological polar surface area (TPSA) is 57.9 Å². The van der Waals surface area contributed by atoms with Crippen LogP contribution in [0, 0.1) is 37.2 Å². The number of hydrogen-bond donors (Lipinski definition) is 1. The van der Waals surface area contributed by atoms with Crippen molar-refractivity contribution in [1.82, 2.24) is 10.3 Å². The summed E-state index contributed by atoms with van der Waals surface area (Å²) in [5.74, 6) is -0.0692. The van der Waals surface area contributed by atoms with Gasteiger partial charge in [0.05, 0.1) is 17.5 Å². The summed E-state index contributed by atoms with van der Waals surface area (Å²) >= 11 is 0. The van der Waals surface area contributed by atoms with E-state index in [4.69, 9.17) is 10.00 Å². The fourth-order valence-electron chi connectivity index (χ4n) is 1.40. The molecule has 0 aliphatic heterocycles. The number of benzene rings is 1. The number of halogens is 1. The zero-order valence-electron chi connectivity index (χ0n) is 12.6. The molecule has 6 heteroatoms. The Bertz CT molecular complexity index is 601. The summed E-state index contributed by atoms with van der Waals surface area (Å²) < 4.78 is 18.8. The number of hydrogen-bond acceptors (Lipinski definition) is 4. The van der Waals surface area contributed by atoms with Crippen molar-refractivity contribution in [1.29, 1.82) is 5.26 Å². The summed E-state index contributed by atoms with van der Waals surface area (Å²) in [7, 11) is 0. The van der Waals surface area contributed by atoms with Crippen LogP contribution in [0.25, 0.3) is 0 Å². The molecule has 1 N–H and O–H groups in total. The third-order valence-electron chi connectivity index (χ3n) is 2.50. The second kappa shape index (κ2) is 12.7. The second-order valence-electron chi connectivity index (χ2n) is 4.06. The van der Waals surface area contributed by atoms with E-state index in [1.54, 1.807) is 24.3 Å². The van der Waals surface area contributed by atoms with Crippen LogP contribution in [0.15, 0.2) is 36.4 Å². The monoisotopic (exact) mass is 482 g/mol. The molecule has 1 aromatic heterocycles. The van der Waals surface area contributed by atoms with Gasteiger partial charge in [0.25, 0.3) is 0 Å². The maximum Gasteiger partial charge on any atom is 0.131 e. The molecule has 1 heterocycles. The van der Waals surface area contributed by atoms with Crippen LogP contribution >= 0.6 is 0 Å². The van der Waals surface area contributed by atoms with Crippen LogP contribution in [-0.4, -0.2) is 18.1 Å². The van der Waals surface area contributed by atoms with Crippen molar-refractivity contribution in [2.24, 2.45) is 0 Å². The first-order chi connectivity index (χ1) is 10.7. The van der Waals surface area contributed by atoms with Crippen molar-refractivity contribution in [3.8, 4) is 11.9 Å². The van der Waals surface area contributed by atoms with Gasteiger partial charge in [-0.1, -0.05) is 12.3 Å². The summed E-state index contributed by atoms with van der Waals surface area (Å²) in [6, 6.07) is 11.2. The number of aromatic nitrogens is 1. The van der Waals surface area contributed by atoms with Crippen molar-refractivity contribution in [3.63, 3.8) is 0 Å². The Morgan fingerprint density at radius 1 is 1.30 bits per heavy atom. The molecule has 0 unspecified atom stereocenters. The minimum Gasteiger partial charge on any atom is -0.530 e. The second-order valence-corrected chi connectivity index (χ2v) is 4.06. The van der Waals surface area contributed by atoms with Crippen LogP contribution in [0.1, 0.15) is 11.1 Å². The van der Waals surface area contributed by atoms with Gasteiger partial charge >= 0.3 is 0 Å². The van der Waals surface area contributed by atoms with Gasteiger partial charge in [-0.3, -0.25) is 0 Å². The molecule has 0 bridgehead atoms. The average Bonchev–Trinajstić information content (AvgIpc) is 2.56. The first-order valence-corrected chi connectivity index (χ1v) is 6.65. The third kappa shape index (κ3) is 8.44. The Labute approximate surface area is 151 Å². The molecule has 0 saturated carbocycles. The van der Waals surface area contributed by atoms with Gasteiger partial charge in [0.1, 0.15) is 12.4 Å². The summed E-state index contributed by atoms with van der Waals surface area (Å²) in [4.78, 5) is 3.84. The van der Waals surface area contributed by atoms with Gasteiger partial charge in [-0.2, -0.15) is 17.4 Å². The largest absolute Gasteiger partial charge is 0.530 e. The van der Waals surface area contributed by atoms with Crippen molar-refractivity contribution in [2.75, 3.05) is 13.1 Å². The smallest absolute Gasteiger partial charge is 0.131 e. The molecule has 0 saturated heterocycles. The molecule has 2 aromatic rings. The Balaban J connectivity index is 0.000000709. The number of nitrogens with one attached hydrogen (secondary N) is 1. The zero-order valence-corrected chi connectivity index (χ0v) is 15.5. The molecule has 0 spiro atoms. The van der Waals surface area contributed by atoms with Gasteiger partial charge in [-0.05, 0) is 12.1 Å². The summed E-state index contributed by atoms with van der Waals surface area (Å²) in [5, 5.41) is 11.5. The van der Waals surface area contributed by atoms with Gasteiger partial charge in [-0.15, -0.1) is 19.2 Å². The SMILES string of the molecule is N#Cc1ccc(COc2ccc[c-]n2)c(F)c1.[CH2-]CNC[CH2-].[W]. The molecular weight excluding hydrogens is 465 g/mol. The Kier molecular flexibility index (Phi) is 11.8. The number of nitriles is 1. The first kappa shape index (κ1) is 21.2. The molecule has 4 nitrogen and oxygen atoms in total. The normalized spacial score (nSPS) is 8.96. The predicted octanol–water partition coefficient (Wildman–Crippen LogP) is 2.71. The number of pyridine rings is 1. The number of rotatable bonds is 5. The van der Waals surface area contributed by atoms with Gasteiger partial charge in [0, 0.05) is 26.6 Å². The van der Waals surface area contributed by atoms with Gasteiger partial charge in [0.2, 0.25) is 0 Å². The Morgan fingerprint density at radius 3 is 2.52 bits per heavy atom. The molecule has 122 valence electrons. The Hall–Kier alpha value is -1.76. The molecule has 0 radical (unpaired) electrons. The van der Waals surface area contributed by atoms with E-state index < -0.39 is 5.82 Å². The maximum absolute atomic E-state index is 13.5. The third-order valence-corrected chi connectivity index (χ3v) is 2.50. The summed E-state index contributed by atoms with van der Waals surface area (Å²) in [5.41, 5.74) is 0.673. The fraction of sp³-hybridized carbons (Fsp3) is 0.176. The van der Waals surface area contributed by atoms with Crippen molar-refractivity contribution >= 4 is 0 Å². The van der Waals surface area contributed by atoms with E-state index in [0.717, 1.165) is 13.1 Å². The summed E-state index contributed by atoms with van der Waals surface area (Å²) in [6.07, 6.45) is 2.62. The molecule has 1 aromatic carbocycles. The van der Waals surface area contributed by atoms with E-state index in [2.05, 4.69) is 30.3 Å². The van der Waals surface area contributed by atoms with E-state index >= 15 is 0 Å². The standard InChI is InChI=1S/C13H8FN2O.C4H9N.W/c14-12-7-10(8-15)4-5-11(12)9-17-13-3-1-2-6-16-13;1-3-5-4-2;/h1-5,7H,9H2;5H,1-4H2;/q-1;-2;. The van der Waals surface area contributed by atoms with E-state index in [0.29, 0.717) is 11.4 Å². The maximum atomic E-state index is 13.5. The van der Waals surface area contributed by atoms with Crippen LogP contribution < -0.4 is 10.1 Å². The predicted molar refractivity (Wildman–Crippen MR) is 82.1 cm³/mol. The van der Waals surface area contributed by atoms with Crippen LogP contribution in [0.5, 0.6) is 5.88 Å². The number of nitrogens with zero attached hydrogens (tertiary/aromatic N) is 2. The molecule has 23 heavy (non-hydrogen) atoms. The quantitative estimate of drug-likeness (QED) is 0.667. The van der Waals surface area contributed by atoms with E-state index in [-0.39, 0.29) is 33.2 Å². The molecule has 0 fully saturated rings. The zero-order chi connectivity index (χ0) is 16.2. The van der Waals surface area contributed by atoms with Crippen LogP contribution in [-0.2, 0) is 27.7 Å². The molecular formula is C17H17FN3OW-3. The van der Waals surface area contributed by atoms with E-state index in [9.17, 15) is 4.39 Å². The van der Waals surface area contributed by atoms with Crippen molar-refractivity contribution in [2.45, 2.75) is 6.61 Å². The minimum atomic E-state index is -0.455. The van der Waals surface area contributed by atoms with Gasteiger partial charge < -0.3 is 28.9 Å². The molecule has 0 aliphatic rings. The Morgan fingerprint density at radius 2 is 2.04 bits per heavy atom. The number of ether oxygens (including phenoxy) is 1. The van der Waals surface area contributed by atoms with Gasteiger partial charge in [-0.25, -0.2) is 4.39 Å². The summed E-state index contributed by atoms with van der Waals surface area (Å²) in [6.45, 7) is 8.68. The molecule has 0 aliphatic carbocycles. The molecule has 0 atom stereocenters. The first-order valence-electron chi connectivity index (χ1n) is 6.65. The minimum absolute atomic E-state index is 0. The van der Waals surface area contributed by atoms with Crippen LogP contribution in [0.3, 0.4) is 0 Å². The average molecular weight is 482 g/mol. The van der Waals surface area contributed by atoms with Gasteiger partial charge in [0.15, 0.2) is 0 Å². The van der Waals surface area contributed by atoms with E-state index in [1.165, 1.54) is 12.1 Å². The van der Waals surface area contributed by atoms with Crippen LogP contribution in [0.4, 0.5) is 4.39 Å². The van der Waals surface area contributed by atoms with E-state index in [1.807, 2.05) is 6.07 Å².